The maximum atomic E-state index is 12.7. The van der Waals surface area contributed by atoms with Crippen LogP contribution in [0.1, 0.15) is 46.7 Å². The van der Waals surface area contributed by atoms with Gasteiger partial charge in [0.25, 0.3) is 11.8 Å². The van der Waals surface area contributed by atoms with Crippen molar-refractivity contribution in [2.75, 3.05) is 12.4 Å². The molecule has 29 heavy (non-hydrogen) atoms. The summed E-state index contributed by atoms with van der Waals surface area (Å²) in [7, 11) is 1.39. The van der Waals surface area contributed by atoms with E-state index in [1.54, 1.807) is 24.5 Å². The van der Waals surface area contributed by atoms with Gasteiger partial charge in [0.05, 0.1) is 28.9 Å². The summed E-state index contributed by atoms with van der Waals surface area (Å²) in [6.45, 7) is 0.551. The molecule has 0 aliphatic heterocycles. The van der Waals surface area contributed by atoms with Crippen molar-refractivity contribution in [3.8, 4) is 0 Å². The predicted octanol–water partition coefficient (Wildman–Crippen LogP) is 3.76. The molecule has 1 unspecified atom stereocenters. The number of hydroxylamine groups is 1. The number of anilines is 1. The molecule has 0 bridgehead atoms. The lowest BCUT2D eigenvalue weighted by Crippen LogP contribution is -2.47. The highest BCUT2D eigenvalue weighted by molar-refractivity contribution is 7.14. The summed E-state index contributed by atoms with van der Waals surface area (Å²) in [5, 5.41) is 6.66. The Labute approximate surface area is 179 Å². The van der Waals surface area contributed by atoms with Crippen LogP contribution in [0.3, 0.4) is 0 Å². The van der Waals surface area contributed by atoms with Crippen LogP contribution in [-0.4, -0.2) is 29.9 Å². The molecule has 0 spiro atoms. The van der Waals surface area contributed by atoms with Gasteiger partial charge in [-0.05, 0) is 30.5 Å². The second kappa shape index (κ2) is 10.6. The maximum absolute atomic E-state index is 12.7. The number of carbonyl (C=O) groups is 2. The maximum Gasteiger partial charge on any atom is 0.266 e. The van der Waals surface area contributed by atoms with Crippen LogP contribution in [0.15, 0.2) is 30.6 Å². The summed E-state index contributed by atoms with van der Waals surface area (Å²) in [5.41, 5.74) is 3.16. The Kier molecular flexibility index (Phi) is 7.85. The highest BCUT2D eigenvalue weighted by atomic mass is 35.5. The Hall–Kier alpha value is -2.16. The second-order valence-electron chi connectivity index (χ2n) is 7.09. The number of hydrogen-bond acceptors (Lipinski definition) is 6. The van der Waals surface area contributed by atoms with Crippen molar-refractivity contribution in [2.24, 2.45) is 5.92 Å². The first kappa shape index (κ1) is 21.5. The lowest BCUT2D eigenvalue weighted by Gasteiger charge is -2.20. The van der Waals surface area contributed by atoms with Gasteiger partial charge in [0.15, 0.2) is 0 Å². The van der Waals surface area contributed by atoms with Gasteiger partial charge < -0.3 is 10.6 Å². The zero-order valence-corrected chi connectivity index (χ0v) is 17.8. The van der Waals surface area contributed by atoms with Crippen molar-refractivity contribution in [1.82, 2.24) is 15.8 Å². The first-order valence-electron chi connectivity index (χ1n) is 9.62. The molecule has 1 saturated carbocycles. The minimum absolute atomic E-state index is 0.250. The van der Waals surface area contributed by atoms with Crippen LogP contribution in [-0.2, 0) is 16.2 Å². The lowest BCUT2D eigenvalue weighted by atomic mass is 9.98. The minimum atomic E-state index is -0.605. The molecule has 2 amide bonds. The van der Waals surface area contributed by atoms with Crippen LogP contribution >= 0.6 is 22.9 Å². The highest BCUT2D eigenvalue weighted by Gasteiger charge is 2.27. The van der Waals surface area contributed by atoms with Gasteiger partial charge in [0, 0.05) is 17.6 Å². The quantitative estimate of drug-likeness (QED) is 0.520. The van der Waals surface area contributed by atoms with Crippen molar-refractivity contribution in [2.45, 2.75) is 44.7 Å². The molecule has 156 valence electrons. The fraction of sp³-hybridized carbons (Fsp3) is 0.450. The number of pyridine rings is 1. The minimum Gasteiger partial charge on any atom is -0.379 e. The topological polar surface area (TPSA) is 92.4 Å². The first-order valence-corrected chi connectivity index (χ1v) is 10.8. The van der Waals surface area contributed by atoms with E-state index in [1.807, 2.05) is 6.07 Å². The molecule has 3 rings (SSSR count). The van der Waals surface area contributed by atoms with Crippen molar-refractivity contribution in [3.63, 3.8) is 0 Å². The molecular formula is C20H25ClN4O3S. The predicted molar refractivity (Wildman–Crippen MR) is 114 cm³/mol. The molecular weight excluding hydrogens is 412 g/mol. The number of thiophene rings is 1. The van der Waals surface area contributed by atoms with Gasteiger partial charge in [-0.3, -0.25) is 19.4 Å². The molecule has 2 aromatic heterocycles. The van der Waals surface area contributed by atoms with Crippen LogP contribution in [0.4, 0.5) is 5.69 Å². The van der Waals surface area contributed by atoms with E-state index in [2.05, 4.69) is 21.1 Å². The van der Waals surface area contributed by atoms with E-state index < -0.39 is 6.04 Å². The Morgan fingerprint density at radius 3 is 2.83 bits per heavy atom. The van der Waals surface area contributed by atoms with E-state index in [-0.39, 0.29) is 11.8 Å². The summed E-state index contributed by atoms with van der Waals surface area (Å²) in [4.78, 5) is 35.4. The normalized spacial score (nSPS) is 15.1. The smallest absolute Gasteiger partial charge is 0.266 e. The zero-order chi connectivity index (χ0) is 20.6. The lowest BCUT2D eigenvalue weighted by molar-refractivity contribution is -0.133. The van der Waals surface area contributed by atoms with Gasteiger partial charge in [-0.2, -0.15) is 0 Å². The van der Waals surface area contributed by atoms with Gasteiger partial charge in [0.2, 0.25) is 0 Å². The van der Waals surface area contributed by atoms with Crippen molar-refractivity contribution >= 4 is 40.4 Å². The molecule has 9 heteroatoms. The van der Waals surface area contributed by atoms with E-state index in [0.717, 1.165) is 23.4 Å². The molecule has 2 aromatic rings. The highest BCUT2D eigenvalue weighted by Crippen LogP contribution is 2.29. The third-order valence-corrected chi connectivity index (χ3v) is 6.22. The number of rotatable bonds is 9. The van der Waals surface area contributed by atoms with E-state index in [1.165, 1.54) is 31.3 Å². The van der Waals surface area contributed by atoms with E-state index in [4.69, 9.17) is 16.4 Å². The average molecular weight is 437 g/mol. The Bertz CT molecular complexity index is 839. The van der Waals surface area contributed by atoms with Crippen LogP contribution < -0.4 is 16.1 Å². The summed E-state index contributed by atoms with van der Waals surface area (Å²) < 4.78 is 0. The van der Waals surface area contributed by atoms with Crippen LogP contribution in [0.2, 0.25) is 5.02 Å². The summed E-state index contributed by atoms with van der Waals surface area (Å²) >= 11 is 7.32. The van der Waals surface area contributed by atoms with Gasteiger partial charge in [-0.1, -0.05) is 37.3 Å². The standard InChI is InChI=1S/C20H25ClN4O3S/c1-28-25-19(26)17(8-13-4-2-3-5-13)24-20(27)18-7-6-16(29-18)12-23-15-9-14(21)10-22-11-15/h6-7,9-11,13,17,23H,2-5,8,12H2,1H3,(H,24,27)(H,25,26). The van der Waals surface area contributed by atoms with Gasteiger partial charge in [0.1, 0.15) is 6.04 Å². The Morgan fingerprint density at radius 2 is 2.10 bits per heavy atom. The van der Waals surface area contributed by atoms with E-state index >= 15 is 0 Å². The zero-order valence-electron chi connectivity index (χ0n) is 16.2. The second-order valence-corrected chi connectivity index (χ2v) is 8.70. The first-order chi connectivity index (χ1) is 14.0. The van der Waals surface area contributed by atoms with Crippen molar-refractivity contribution in [3.05, 3.63) is 45.4 Å². The molecule has 1 aliphatic rings. The fourth-order valence-corrected chi connectivity index (χ4v) is 4.53. The number of hydrogen-bond donors (Lipinski definition) is 3. The van der Waals surface area contributed by atoms with E-state index in [0.29, 0.717) is 28.8 Å². The van der Waals surface area contributed by atoms with Crippen LogP contribution in [0, 0.1) is 5.92 Å². The molecule has 2 heterocycles. The number of aromatic nitrogens is 1. The third kappa shape index (κ3) is 6.42. The number of carbonyl (C=O) groups excluding carboxylic acids is 2. The molecule has 1 atom stereocenters. The van der Waals surface area contributed by atoms with Crippen LogP contribution in [0.5, 0.6) is 0 Å². The SMILES string of the molecule is CONC(=O)C(CC1CCCC1)NC(=O)c1ccc(CNc2cncc(Cl)c2)s1. The van der Waals surface area contributed by atoms with Gasteiger partial charge in [-0.15, -0.1) is 11.3 Å². The number of nitrogens with one attached hydrogen (secondary N) is 3. The Morgan fingerprint density at radius 1 is 1.31 bits per heavy atom. The van der Waals surface area contributed by atoms with Crippen molar-refractivity contribution in [1.29, 1.82) is 0 Å². The number of halogens is 1. The van der Waals surface area contributed by atoms with Gasteiger partial charge in [-0.25, -0.2) is 5.48 Å². The molecule has 3 N–H and O–H groups in total. The van der Waals surface area contributed by atoms with Crippen LogP contribution in [0.25, 0.3) is 0 Å². The molecule has 1 aliphatic carbocycles. The molecule has 0 radical (unpaired) electrons. The summed E-state index contributed by atoms with van der Waals surface area (Å²) in [6, 6.07) is 4.85. The van der Waals surface area contributed by atoms with Gasteiger partial charge >= 0.3 is 0 Å². The van der Waals surface area contributed by atoms with Crippen molar-refractivity contribution < 1.29 is 14.4 Å². The Balaban J connectivity index is 1.58. The monoisotopic (exact) mass is 436 g/mol. The number of nitrogens with zero attached hydrogens (tertiary/aromatic N) is 1. The summed E-state index contributed by atoms with van der Waals surface area (Å²) in [6.07, 6.45) is 8.45. The molecule has 0 aromatic carbocycles. The van der Waals surface area contributed by atoms with E-state index in [9.17, 15) is 9.59 Å². The fourth-order valence-electron chi connectivity index (χ4n) is 3.50. The largest absolute Gasteiger partial charge is 0.379 e. The number of amides is 2. The molecule has 1 fully saturated rings. The summed E-state index contributed by atoms with van der Waals surface area (Å²) in [5.74, 6) is -0.114. The average Bonchev–Trinajstić information content (AvgIpc) is 3.38. The third-order valence-electron chi connectivity index (χ3n) is 4.93. The molecule has 7 nitrogen and oxygen atoms in total. The molecule has 0 saturated heterocycles.